The Bertz CT molecular complexity index is 509. The maximum absolute atomic E-state index is 5.66. The molecule has 0 saturated heterocycles. The van der Waals surface area contributed by atoms with Crippen molar-refractivity contribution in [2.24, 2.45) is 0 Å². The number of ether oxygens (including phenoxy) is 1. The average Bonchev–Trinajstić information content (AvgIpc) is 2.38. The van der Waals surface area contributed by atoms with E-state index in [1.54, 1.807) is 12.4 Å². The van der Waals surface area contributed by atoms with E-state index in [-0.39, 0.29) is 0 Å². The summed E-state index contributed by atoms with van der Waals surface area (Å²) in [6, 6.07) is 8.07. The summed E-state index contributed by atoms with van der Waals surface area (Å²) in [7, 11) is 0. The molecule has 1 aromatic heterocycles. The lowest BCUT2D eigenvalue weighted by Gasteiger charge is -2.09. The third-order valence-corrected chi connectivity index (χ3v) is 2.62. The SMILES string of the molecule is CC(C)c1cccc(OCc2ncc(N)cn2)c1. The van der Waals surface area contributed by atoms with E-state index in [0.717, 1.165) is 5.75 Å². The van der Waals surface area contributed by atoms with Gasteiger partial charge in [0.1, 0.15) is 12.4 Å². The molecule has 94 valence electrons. The molecular weight excluding hydrogens is 226 g/mol. The summed E-state index contributed by atoms with van der Waals surface area (Å²) >= 11 is 0. The van der Waals surface area contributed by atoms with Gasteiger partial charge in [0, 0.05) is 0 Å². The van der Waals surface area contributed by atoms with Gasteiger partial charge in [0.05, 0.1) is 18.1 Å². The molecule has 1 aromatic carbocycles. The highest BCUT2D eigenvalue weighted by Gasteiger charge is 2.02. The molecule has 2 rings (SSSR count). The number of rotatable bonds is 4. The Labute approximate surface area is 107 Å². The minimum atomic E-state index is 0.349. The van der Waals surface area contributed by atoms with Crippen molar-refractivity contribution >= 4 is 5.69 Å². The second-order valence-corrected chi connectivity index (χ2v) is 4.45. The smallest absolute Gasteiger partial charge is 0.166 e. The van der Waals surface area contributed by atoms with Crippen LogP contribution in [0.15, 0.2) is 36.7 Å². The van der Waals surface area contributed by atoms with Gasteiger partial charge in [-0.25, -0.2) is 9.97 Å². The van der Waals surface area contributed by atoms with Crippen LogP contribution in [0.4, 0.5) is 5.69 Å². The molecule has 0 fully saturated rings. The topological polar surface area (TPSA) is 61.0 Å². The lowest BCUT2D eigenvalue weighted by Crippen LogP contribution is -2.02. The van der Waals surface area contributed by atoms with E-state index in [2.05, 4.69) is 29.9 Å². The lowest BCUT2D eigenvalue weighted by molar-refractivity contribution is 0.295. The summed E-state index contributed by atoms with van der Waals surface area (Å²) in [5, 5.41) is 0. The van der Waals surface area contributed by atoms with Gasteiger partial charge in [-0.3, -0.25) is 0 Å². The monoisotopic (exact) mass is 243 g/mol. The van der Waals surface area contributed by atoms with E-state index in [4.69, 9.17) is 10.5 Å². The van der Waals surface area contributed by atoms with Crippen LogP contribution in [-0.4, -0.2) is 9.97 Å². The van der Waals surface area contributed by atoms with E-state index < -0.39 is 0 Å². The van der Waals surface area contributed by atoms with Crippen molar-refractivity contribution in [3.05, 3.63) is 48.0 Å². The molecule has 0 aliphatic heterocycles. The molecule has 4 heteroatoms. The van der Waals surface area contributed by atoms with Crippen molar-refractivity contribution in [1.29, 1.82) is 0 Å². The highest BCUT2D eigenvalue weighted by molar-refractivity contribution is 5.31. The maximum Gasteiger partial charge on any atom is 0.166 e. The fraction of sp³-hybridized carbons (Fsp3) is 0.286. The van der Waals surface area contributed by atoms with Gasteiger partial charge >= 0.3 is 0 Å². The first-order chi connectivity index (χ1) is 8.65. The number of nitrogens with zero attached hydrogens (tertiary/aromatic N) is 2. The van der Waals surface area contributed by atoms with Crippen molar-refractivity contribution in [3.8, 4) is 5.75 Å². The van der Waals surface area contributed by atoms with Gasteiger partial charge in [-0.1, -0.05) is 26.0 Å². The summed E-state index contributed by atoms with van der Waals surface area (Å²) in [6.45, 7) is 4.66. The Morgan fingerprint density at radius 2 is 1.94 bits per heavy atom. The fourth-order valence-corrected chi connectivity index (χ4v) is 1.55. The van der Waals surface area contributed by atoms with Crippen LogP contribution in [0.25, 0.3) is 0 Å². The fourth-order valence-electron chi connectivity index (χ4n) is 1.55. The number of benzene rings is 1. The molecule has 0 amide bonds. The van der Waals surface area contributed by atoms with Gasteiger partial charge < -0.3 is 10.5 Å². The van der Waals surface area contributed by atoms with Crippen molar-refractivity contribution in [3.63, 3.8) is 0 Å². The molecule has 0 unspecified atom stereocenters. The normalized spacial score (nSPS) is 10.6. The summed E-state index contributed by atoms with van der Waals surface area (Å²) < 4.78 is 5.66. The second-order valence-electron chi connectivity index (χ2n) is 4.45. The Morgan fingerprint density at radius 3 is 2.61 bits per heavy atom. The van der Waals surface area contributed by atoms with E-state index in [0.29, 0.717) is 24.0 Å². The lowest BCUT2D eigenvalue weighted by atomic mass is 10.0. The molecular formula is C14H17N3O. The van der Waals surface area contributed by atoms with Crippen molar-refractivity contribution in [1.82, 2.24) is 9.97 Å². The van der Waals surface area contributed by atoms with Crippen LogP contribution in [0.3, 0.4) is 0 Å². The van der Waals surface area contributed by atoms with Gasteiger partial charge in [-0.2, -0.15) is 0 Å². The van der Waals surface area contributed by atoms with Crippen LogP contribution in [0, 0.1) is 0 Å². The Balaban J connectivity index is 2.01. The molecule has 0 aliphatic carbocycles. The van der Waals surface area contributed by atoms with Gasteiger partial charge in [-0.05, 0) is 23.6 Å². The molecule has 18 heavy (non-hydrogen) atoms. The van der Waals surface area contributed by atoms with Gasteiger partial charge in [0.15, 0.2) is 5.82 Å². The number of nitrogens with two attached hydrogens (primary N) is 1. The van der Waals surface area contributed by atoms with Crippen molar-refractivity contribution in [2.75, 3.05) is 5.73 Å². The number of hydrogen-bond donors (Lipinski definition) is 1. The standard InChI is InChI=1S/C14H17N3O/c1-10(2)11-4-3-5-13(6-11)18-9-14-16-7-12(15)8-17-14/h3-8,10H,9,15H2,1-2H3. The zero-order valence-corrected chi connectivity index (χ0v) is 10.6. The Hall–Kier alpha value is -2.10. The molecule has 0 saturated carbocycles. The Kier molecular flexibility index (Phi) is 3.77. The van der Waals surface area contributed by atoms with Crippen LogP contribution in [-0.2, 0) is 6.61 Å². The molecule has 0 aliphatic rings. The predicted octanol–water partition coefficient (Wildman–Crippen LogP) is 2.76. The third-order valence-electron chi connectivity index (χ3n) is 2.62. The largest absolute Gasteiger partial charge is 0.486 e. The van der Waals surface area contributed by atoms with Crippen LogP contribution in [0.2, 0.25) is 0 Å². The van der Waals surface area contributed by atoms with E-state index >= 15 is 0 Å². The zero-order valence-electron chi connectivity index (χ0n) is 10.6. The third kappa shape index (κ3) is 3.20. The first-order valence-corrected chi connectivity index (χ1v) is 5.94. The molecule has 4 nitrogen and oxygen atoms in total. The highest BCUT2D eigenvalue weighted by Crippen LogP contribution is 2.20. The molecule has 2 N–H and O–H groups in total. The molecule has 2 aromatic rings. The molecule has 0 bridgehead atoms. The number of anilines is 1. The summed E-state index contributed by atoms with van der Waals surface area (Å²) in [5.74, 6) is 1.95. The number of hydrogen-bond acceptors (Lipinski definition) is 4. The van der Waals surface area contributed by atoms with Crippen LogP contribution in [0.1, 0.15) is 31.2 Å². The van der Waals surface area contributed by atoms with Crippen LogP contribution < -0.4 is 10.5 Å². The first kappa shape index (κ1) is 12.4. The maximum atomic E-state index is 5.66. The van der Waals surface area contributed by atoms with Crippen LogP contribution in [0.5, 0.6) is 5.75 Å². The summed E-state index contributed by atoms with van der Waals surface area (Å²) in [6.07, 6.45) is 3.16. The van der Waals surface area contributed by atoms with E-state index in [1.807, 2.05) is 18.2 Å². The van der Waals surface area contributed by atoms with Crippen molar-refractivity contribution < 1.29 is 4.74 Å². The second kappa shape index (κ2) is 5.49. The average molecular weight is 243 g/mol. The van der Waals surface area contributed by atoms with E-state index in [1.165, 1.54) is 5.56 Å². The quantitative estimate of drug-likeness (QED) is 0.897. The number of nitrogen functional groups attached to an aromatic ring is 1. The summed E-state index contributed by atoms with van der Waals surface area (Å²) in [5.41, 5.74) is 7.33. The Morgan fingerprint density at radius 1 is 1.22 bits per heavy atom. The van der Waals surface area contributed by atoms with E-state index in [9.17, 15) is 0 Å². The first-order valence-electron chi connectivity index (χ1n) is 5.94. The minimum Gasteiger partial charge on any atom is -0.486 e. The van der Waals surface area contributed by atoms with Gasteiger partial charge in [0.2, 0.25) is 0 Å². The van der Waals surface area contributed by atoms with Crippen molar-refractivity contribution in [2.45, 2.75) is 26.4 Å². The highest BCUT2D eigenvalue weighted by atomic mass is 16.5. The number of aromatic nitrogens is 2. The molecule has 0 radical (unpaired) electrons. The van der Waals surface area contributed by atoms with Gasteiger partial charge in [0.25, 0.3) is 0 Å². The minimum absolute atomic E-state index is 0.349. The summed E-state index contributed by atoms with van der Waals surface area (Å²) in [4.78, 5) is 8.18. The molecule has 0 spiro atoms. The zero-order chi connectivity index (χ0) is 13.0. The molecule has 1 heterocycles. The molecule has 0 atom stereocenters. The predicted molar refractivity (Wildman–Crippen MR) is 71.3 cm³/mol. The van der Waals surface area contributed by atoms with Gasteiger partial charge in [-0.15, -0.1) is 0 Å². The van der Waals surface area contributed by atoms with Crippen LogP contribution >= 0.6 is 0 Å².